The van der Waals surface area contributed by atoms with Gasteiger partial charge in [0, 0.05) is 0 Å². The molecule has 0 bridgehead atoms. The number of rotatable bonds is 11. The molecule has 0 heterocycles. The molecule has 0 radical (unpaired) electrons. The highest BCUT2D eigenvalue weighted by atomic mass is 14.6. The van der Waals surface area contributed by atoms with Crippen molar-refractivity contribution in [3.63, 3.8) is 0 Å². The zero-order valence-corrected chi connectivity index (χ0v) is 29.5. The first-order valence-corrected chi connectivity index (χ1v) is 21.1. The van der Waals surface area contributed by atoms with Gasteiger partial charge in [0.1, 0.15) is 0 Å². The Morgan fingerprint density at radius 2 is 0.884 bits per heavy atom. The lowest BCUT2D eigenvalue weighted by molar-refractivity contribution is -0.0640. The quantitative estimate of drug-likeness (QED) is 0.224. The van der Waals surface area contributed by atoms with Crippen LogP contribution in [0.25, 0.3) is 0 Å². The molecule has 0 N–H and O–H groups in total. The molecule has 7 atom stereocenters. The Bertz CT molecular complexity index is 772. The highest BCUT2D eigenvalue weighted by molar-refractivity contribution is 5.00. The van der Waals surface area contributed by atoms with E-state index in [1.807, 2.05) is 0 Å². The Balaban J connectivity index is 1.27. The molecule has 0 amide bonds. The summed E-state index contributed by atoms with van der Waals surface area (Å²) in [6.45, 7) is 5.63. The SMILES string of the molecule is CC(CC(CC(CC(C1CCCCC1)C1(C)CCCC2CCCCC21)C1CCCCC1)C1CCCCC1)C1CCCCC1. The molecule has 248 valence electrons. The van der Waals surface area contributed by atoms with Crippen molar-refractivity contribution in [2.75, 3.05) is 0 Å². The van der Waals surface area contributed by atoms with Gasteiger partial charge in [0.2, 0.25) is 0 Å². The van der Waals surface area contributed by atoms with Crippen LogP contribution in [0.2, 0.25) is 0 Å². The second-order valence-electron chi connectivity index (χ2n) is 18.5. The average Bonchev–Trinajstić information content (AvgIpc) is 3.08. The smallest absolute Gasteiger partial charge is 0.0264 e. The molecule has 0 spiro atoms. The van der Waals surface area contributed by atoms with Crippen LogP contribution in [0.5, 0.6) is 0 Å². The lowest BCUT2D eigenvalue weighted by atomic mass is 9.49. The van der Waals surface area contributed by atoms with Crippen LogP contribution in [-0.4, -0.2) is 0 Å². The van der Waals surface area contributed by atoms with Gasteiger partial charge in [-0.05, 0) is 96.7 Å². The van der Waals surface area contributed by atoms with E-state index in [1.165, 1.54) is 44.9 Å². The first kappa shape index (κ1) is 32.9. The maximum Gasteiger partial charge on any atom is -0.0264 e. The van der Waals surface area contributed by atoms with Crippen molar-refractivity contribution in [3.05, 3.63) is 0 Å². The molecule has 0 aromatic carbocycles. The molecule has 0 heteroatoms. The maximum atomic E-state index is 2.91. The van der Waals surface area contributed by atoms with E-state index in [-0.39, 0.29) is 0 Å². The van der Waals surface area contributed by atoms with Crippen LogP contribution in [0.3, 0.4) is 0 Å². The molecule has 7 unspecified atom stereocenters. The first-order valence-electron chi connectivity index (χ1n) is 21.1. The van der Waals surface area contributed by atoms with Gasteiger partial charge in [-0.1, -0.05) is 174 Å². The summed E-state index contributed by atoms with van der Waals surface area (Å²) in [5.74, 6) is 10.5. The molecule has 6 rings (SSSR count). The van der Waals surface area contributed by atoms with Crippen LogP contribution in [0.15, 0.2) is 0 Å². The summed E-state index contributed by atoms with van der Waals surface area (Å²) >= 11 is 0. The van der Waals surface area contributed by atoms with Crippen LogP contribution in [0.4, 0.5) is 0 Å². The van der Waals surface area contributed by atoms with Gasteiger partial charge in [0.15, 0.2) is 0 Å². The zero-order valence-electron chi connectivity index (χ0n) is 29.5. The Hall–Kier alpha value is 0. The number of fused-ring (bicyclic) bond motifs is 1. The van der Waals surface area contributed by atoms with Crippen molar-refractivity contribution >= 4 is 0 Å². The van der Waals surface area contributed by atoms with E-state index in [0.717, 1.165) is 59.2 Å². The summed E-state index contributed by atoms with van der Waals surface area (Å²) in [4.78, 5) is 0. The van der Waals surface area contributed by atoms with Gasteiger partial charge in [0.25, 0.3) is 0 Å². The molecule has 0 aliphatic heterocycles. The van der Waals surface area contributed by atoms with Crippen LogP contribution >= 0.6 is 0 Å². The molecular formula is C43H76. The third-order valence-corrected chi connectivity index (χ3v) is 16.0. The van der Waals surface area contributed by atoms with Crippen molar-refractivity contribution in [2.45, 2.75) is 206 Å². The molecule has 6 fully saturated rings. The van der Waals surface area contributed by atoms with Crippen LogP contribution < -0.4 is 0 Å². The predicted octanol–water partition coefficient (Wildman–Crippen LogP) is 14.0. The van der Waals surface area contributed by atoms with E-state index >= 15 is 0 Å². The third kappa shape index (κ3) is 8.30. The zero-order chi connectivity index (χ0) is 29.5. The van der Waals surface area contributed by atoms with Crippen molar-refractivity contribution < 1.29 is 0 Å². The fourth-order valence-corrected chi connectivity index (χ4v) is 13.6. The molecule has 0 nitrogen and oxygen atoms in total. The van der Waals surface area contributed by atoms with Crippen LogP contribution in [0.1, 0.15) is 206 Å². The summed E-state index contributed by atoms with van der Waals surface area (Å²) in [5, 5.41) is 0. The van der Waals surface area contributed by atoms with Crippen molar-refractivity contribution in [3.8, 4) is 0 Å². The number of hydrogen-bond donors (Lipinski definition) is 0. The predicted molar refractivity (Wildman–Crippen MR) is 187 cm³/mol. The molecular weight excluding hydrogens is 516 g/mol. The molecule has 0 aromatic heterocycles. The van der Waals surface area contributed by atoms with E-state index in [4.69, 9.17) is 0 Å². The van der Waals surface area contributed by atoms with Crippen molar-refractivity contribution in [1.29, 1.82) is 0 Å². The Morgan fingerprint density at radius 1 is 0.442 bits per heavy atom. The molecule has 0 saturated heterocycles. The van der Waals surface area contributed by atoms with Crippen LogP contribution in [0, 0.1) is 64.6 Å². The lowest BCUT2D eigenvalue weighted by Gasteiger charge is -2.56. The Kier molecular flexibility index (Phi) is 12.4. The lowest BCUT2D eigenvalue weighted by Crippen LogP contribution is -2.47. The van der Waals surface area contributed by atoms with Gasteiger partial charge in [0.05, 0.1) is 0 Å². The summed E-state index contributed by atoms with van der Waals surface area (Å²) in [7, 11) is 0. The Morgan fingerprint density at radius 3 is 1.47 bits per heavy atom. The summed E-state index contributed by atoms with van der Waals surface area (Å²) in [6.07, 6.45) is 46.8. The minimum atomic E-state index is 0.647. The minimum absolute atomic E-state index is 0.647. The fraction of sp³-hybridized carbons (Fsp3) is 1.00. The summed E-state index contributed by atoms with van der Waals surface area (Å²) < 4.78 is 0. The molecule has 43 heavy (non-hydrogen) atoms. The maximum absolute atomic E-state index is 2.91. The normalized spacial score (nSPS) is 35.6. The van der Waals surface area contributed by atoms with Crippen molar-refractivity contribution in [1.82, 2.24) is 0 Å². The largest absolute Gasteiger partial charge is 0.0622 e. The van der Waals surface area contributed by atoms with E-state index < -0.39 is 0 Å². The molecule has 6 saturated carbocycles. The second-order valence-corrected chi connectivity index (χ2v) is 18.5. The fourth-order valence-electron chi connectivity index (χ4n) is 13.6. The highest BCUT2D eigenvalue weighted by Crippen LogP contribution is 2.60. The molecule has 0 aromatic rings. The van der Waals surface area contributed by atoms with E-state index in [1.54, 1.807) is 148 Å². The van der Waals surface area contributed by atoms with Gasteiger partial charge in [-0.2, -0.15) is 0 Å². The van der Waals surface area contributed by atoms with E-state index in [0.29, 0.717) is 5.41 Å². The topological polar surface area (TPSA) is 0 Å². The standard InChI is InChI=1S/C43H76/c1-33(34-18-7-3-8-19-34)30-39(35-20-9-4-10-21-35)31-40(36-22-11-5-12-23-36)32-42(38-24-13-6-14-25-38)43(2)29-17-27-37-26-15-16-28-41(37)43/h33-42H,3-32H2,1-2H3. The minimum Gasteiger partial charge on any atom is -0.0622 e. The first-order chi connectivity index (χ1) is 21.1. The highest BCUT2D eigenvalue weighted by Gasteiger charge is 2.50. The van der Waals surface area contributed by atoms with Gasteiger partial charge in [-0.15, -0.1) is 0 Å². The molecule has 6 aliphatic carbocycles. The van der Waals surface area contributed by atoms with Gasteiger partial charge < -0.3 is 0 Å². The van der Waals surface area contributed by atoms with Crippen LogP contribution in [-0.2, 0) is 0 Å². The second kappa shape index (κ2) is 16.2. The number of hydrogen-bond acceptors (Lipinski definition) is 0. The van der Waals surface area contributed by atoms with Crippen molar-refractivity contribution in [2.24, 2.45) is 64.6 Å². The van der Waals surface area contributed by atoms with E-state index in [2.05, 4.69) is 13.8 Å². The average molecular weight is 593 g/mol. The third-order valence-electron chi connectivity index (χ3n) is 16.0. The summed E-state index contributed by atoms with van der Waals surface area (Å²) in [6, 6.07) is 0. The van der Waals surface area contributed by atoms with E-state index in [9.17, 15) is 0 Å². The molecule has 6 aliphatic rings. The van der Waals surface area contributed by atoms with Gasteiger partial charge in [-0.25, -0.2) is 0 Å². The summed E-state index contributed by atoms with van der Waals surface area (Å²) in [5.41, 5.74) is 0.647. The van der Waals surface area contributed by atoms with Gasteiger partial charge >= 0.3 is 0 Å². The van der Waals surface area contributed by atoms with Gasteiger partial charge in [-0.3, -0.25) is 0 Å². The Labute approximate surface area is 270 Å². The monoisotopic (exact) mass is 593 g/mol.